The third kappa shape index (κ3) is 8.15. The van der Waals surface area contributed by atoms with E-state index >= 15 is 0 Å². The summed E-state index contributed by atoms with van der Waals surface area (Å²) in [5, 5.41) is 2.81. The predicted molar refractivity (Wildman–Crippen MR) is 81.4 cm³/mol. The molecule has 1 heterocycles. The first-order chi connectivity index (χ1) is 9.22. The van der Waals surface area contributed by atoms with Crippen molar-refractivity contribution >= 4 is 39.2 Å². The Morgan fingerprint density at radius 3 is 2.95 bits per heavy atom. The van der Waals surface area contributed by atoms with Crippen molar-refractivity contribution in [3.05, 3.63) is 26.9 Å². The maximum absolute atomic E-state index is 11.5. The molecule has 1 amide bonds. The van der Waals surface area contributed by atoms with E-state index in [4.69, 9.17) is 9.47 Å². The van der Waals surface area contributed by atoms with Crippen LogP contribution in [0.25, 0.3) is 6.08 Å². The van der Waals surface area contributed by atoms with Crippen LogP contribution in [0.2, 0.25) is 0 Å². The van der Waals surface area contributed by atoms with Crippen LogP contribution < -0.4 is 5.32 Å². The second-order valence-electron chi connectivity index (χ2n) is 3.72. The maximum Gasteiger partial charge on any atom is 0.244 e. The molecule has 4 nitrogen and oxygen atoms in total. The van der Waals surface area contributed by atoms with Crippen molar-refractivity contribution in [1.29, 1.82) is 0 Å². The number of amides is 1. The van der Waals surface area contributed by atoms with Gasteiger partial charge < -0.3 is 14.8 Å². The summed E-state index contributed by atoms with van der Waals surface area (Å²) in [6, 6.07) is 3.92. The fraction of sp³-hybridized carbons (Fsp3) is 0.462. The Kier molecular flexibility index (Phi) is 8.73. The van der Waals surface area contributed by atoms with Crippen molar-refractivity contribution in [3.63, 3.8) is 0 Å². The Morgan fingerprint density at radius 1 is 1.42 bits per heavy atom. The number of nitrogens with one attached hydrogen (secondary N) is 1. The normalized spacial score (nSPS) is 11.1. The molecule has 0 aromatic carbocycles. The van der Waals surface area contributed by atoms with E-state index in [1.165, 1.54) is 0 Å². The second kappa shape index (κ2) is 10.1. The number of carbonyl (C=O) groups is 1. The Labute approximate surface area is 125 Å². The first-order valence-electron chi connectivity index (χ1n) is 6.00. The summed E-state index contributed by atoms with van der Waals surface area (Å²) in [5.41, 5.74) is 0. The van der Waals surface area contributed by atoms with Crippen LogP contribution in [-0.4, -0.2) is 39.4 Å². The minimum absolute atomic E-state index is 0.0820. The van der Waals surface area contributed by atoms with Gasteiger partial charge in [-0.05, 0) is 40.6 Å². The molecule has 1 rings (SSSR count). The number of ether oxygens (including phenoxy) is 2. The average molecular weight is 348 g/mol. The van der Waals surface area contributed by atoms with Gasteiger partial charge in [0.1, 0.15) is 0 Å². The Hall–Kier alpha value is -0.690. The van der Waals surface area contributed by atoms with Crippen molar-refractivity contribution in [2.75, 3.05) is 33.5 Å². The van der Waals surface area contributed by atoms with E-state index in [1.807, 2.05) is 12.1 Å². The van der Waals surface area contributed by atoms with E-state index in [9.17, 15) is 4.79 Å². The lowest BCUT2D eigenvalue weighted by atomic mass is 10.4. The minimum atomic E-state index is -0.0820. The van der Waals surface area contributed by atoms with Gasteiger partial charge in [-0.2, -0.15) is 0 Å². The van der Waals surface area contributed by atoms with Crippen LogP contribution in [0.15, 0.2) is 22.0 Å². The van der Waals surface area contributed by atoms with E-state index in [1.54, 1.807) is 30.6 Å². The monoisotopic (exact) mass is 347 g/mol. The van der Waals surface area contributed by atoms with Gasteiger partial charge in [-0.3, -0.25) is 4.79 Å². The number of methoxy groups -OCH3 is 1. The van der Waals surface area contributed by atoms with Crippen molar-refractivity contribution in [1.82, 2.24) is 5.32 Å². The summed E-state index contributed by atoms with van der Waals surface area (Å²) in [4.78, 5) is 12.5. The Bertz CT molecular complexity index is 406. The maximum atomic E-state index is 11.5. The molecule has 6 heteroatoms. The van der Waals surface area contributed by atoms with Crippen LogP contribution in [0.5, 0.6) is 0 Å². The first-order valence-corrected chi connectivity index (χ1v) is 7.61. The standard InChI is InChI=1S/C13H18BrNO3S/c1-17-9-10-18-8-2-7-15-13(16)6-4-11-3-5-12(14)19-11/h3-6H,2,7-10H2,1H3,(H,15,16)/b6-4+. The molecule has 0 saturated carbocycles. The van der Waals surface area contributed by atoms with Crippen molar-refractivity contribution in [2.45, 2.75) is 6.42 Å². The van der Waals surface area contributed by atoms with Crippen molar-refractivity contribution in [2.24, 2.45) is 0 Å². The van der Waals surface area contributed by atoms with Gasteiger partial charge >= 0.3 is 0 Å². The summed E-state index contributed by atoms with van der Waals surface area (Å²) in [6.45, 7) is 2.44. The molecule has 19 heavy (non-hydrogen) atoms. The van der Waals surface area contributed by atoms with Gasteiger partial charge in [0.05, 0.1) is 17.0 Å². The summed E-state index contributed by atoms with van der Waals surface area (Å²) >= 11 is 4.96. The van der Waals surface area contributed by atoms with Crippen LogP contribution in [0.4, 0.5) is 0 Å². The topological polar surface area (TPSA) is 47.6 Å². The molecule has 1 aromatic heterocycles. The molecule has 0 unspecified atom stereocenters. The first kappa shape index (κ1) is 16.4. The highest BCUT2D eigenvalue weighted by atomic mass is 79.9. The largest absolute Gasteiger partial charge is 0.382 e. The number of halogens is 1. The highest BCUT2D eigenvalue weighted by Gasteiger charge is 1.97. The van der Waals surface area contributed by atoms with E-state index in [2.05, 4.69) is 21.2 Å². The fourth-order valence-electron chi connectivity index (χ4n) is 1.26. The highest BCUT2D eigenvalue weighted by molar-refractivity contribution is 9.11. The van der Waals surface area contributed by atoms with Gasteiger partial charge in [0.15, 0.2) is 0 Å². The third-order valence-electron chi connectivity index (χ3n) is 2.19. The smallest absolute Gasteiger partial charge is 0.244 e. The zero-order valence-electron chi connectivity index (χ0n) is 10.9. The van der Waals surface area contributed by atoms with Gasteiger partial charge in [0, 0.05) is 31.2 Å². The molecule has 0 radical (unpaired) electrons. The number of hydrogen-bond donors (Lipinski definition) is 1. The molecule has 0 bridgehead atoms. The van der Waals surface area contributed by atoms with E-state index in [-0.39, 0.29) is 5.91 Å². The molecular formula is C13H18BrNO3S. The third-order valence-corrected chi connectivity index (χ3v) is 3.78. The molecule has 0 saturated heterocycles. The van der Waals surface area contributed by atoms with Crippen LogP contribution in [0, 0.1) is 0 Å². The number of carbonyl (C=O) groups excluding carboxylic acids is 1. The average Bonchev–Trinajstić information content (AvgIpc) is 2.81. The van der Waals surface area contributed by atoms with Gasteiger partial charge in [-0.15, -0.1) is 11.3 Å². The van der Waals surface area contributed by atoms with Crippen LogP contribution >= 0.6 is 27.3 Å². The zero-order valence-corrected chi connectivity index (χ0v) is 13.3. The molecule has 0 fully saturated rings. The summed E-state index contributed by atoms with van der Waals surface area (Å²) in [5.74, 6) is -0.0820. The lowest BCUT2D eigenvalue weighted by Crippen LogP contribution is -2.23. The summed E-state index contributed by atoms with van der Waals surface area (Å²) in [6.07, 6.45) is 4.15. The van der Waals surface area contributed by atoms with Crippen LogP contribution in [-0.2, 0) is 14.3 Å². The van der Waals surface area contributed by atoms with E-state index in [0.29, 0.717) is 26.4 Å². The van der Waals surface area contributed by atoms with E-state index in [0.717, 1.165) is 15.1 Å². The molecule has 1 aromatic rings. The van der Waals surface area contributed by atoms with Crippen LogP contribution in [0.1, 0.15) is 11.3 Å². The predicted octanol–water partition coefficient (Wildman–Crippen LogP) is 2.69. The molecule has 1 N–H and O–H groups in total. The van der Waals surface area contributed by atoms with Crippen molar-refractivity contribution in [3.8, 4) is 0 Å². The quantitative estimate of drug-likeness (QED) is 0.551. The van der Waals surface area contributed by atoms with Gasteiger partial charge in [0.25, 0.3) is 0 Å². The van der Waals surface area contributed by atoms with Crippen LogP contribution in [0.3, 0.4) is 0 Å². The lowest BCUT2D eigenvalue weighted by molar-refractivity contribution is -0.116. The highest BCUT2D eigenvalue weighted by Crippen LogP contribution is 2.22. The molecular weight excluding hydrogens is 330 g/mol. The molecule has 0 aliphatic heterocycles. The molecule has 106 valence electrons. The molecule has 0 spiro atoms. The van der Waals surface area contributed by atoms with E-state index < -0.39 is 0 Å². The zero-order chi connectivity index (χ0) is 13.9. The Balaban J connectivity index is 2.06. The minimum Gasteiger partial charge on any atom is -0.382 e. The second-order valence-corrected chi connectivity index (χ2v) is 6.22. The number of thiophene rings is 1. The van der Waals surface area contributed by atoms with Gasteiger partial charge in [-0.1, -0.05) is 0 Å². The SMILES string of the molecule is COCCOCCCNC(=O)/C=C/c1ccc(Br)s1. The summed E-state index contributed by atoms with van der Waals surface area (Å²) in [7, 11) is 1.64. The van der Waals surface area contributed by atoms with Gasteiger partial charge in [-0.25, -0.2) is 0 Å². The molecule has 0 aliphatic rings. The Morgan fingerprint density at radius 2 is 2.26 bits per heavy atom. The van der Waals surface area contributed by atoms with Gasteiger partial charge in [0.2, 0.25) is 5.91 Å². The summed E-state index contributed by atoms with van der Waals surface area (Å²) < 4.78 is 11.2. The fourth-order valence-corrected chi connectivity index (χ4v) is 2.59. The molecule has 0 atom stereocenters. The number of hydrogen-bond acceptors (Lipinski definition) is 4. The number of rotatable bonds is 9. The lowest BCUT2D eigenvalue weighted by Gasteiger charge is -2.04. The molecule has 0 aliphatic carbocycles. The van der Waals surface area contributed by atoms with Crippen molar-refractivity contribution < 1.29 is 14.3 Å².